The minimum Gasteiger partial charge on any atom is -0.326 e. The second-order valence-electron chi connectivity index (χ2n) is 7.54. The molecule has 5 nitrogen and oxygen atoms in total. The summed E-state index contributed by atoms with van der Waals surface area (Å²) in [6.45, 7) is 3.67. The summed E-state index contributed by atoms with van der Waals surface area (Å²) in [7, 11) is 0. The molecule has 0 spiro atoms. The van der Waals surface area contributed by atoms with Crippen LogP contribution in [-0.2, 0) is 19.6 Å². The first kappa shape index (κ1) is 19.0. The van der Waals surface area contributed by atoms with Gasteiger partial charge in [0, 0.05) is 35.4 Å². The van der Waals surface area contributed by atoms with Crippen molar-refractivity contribution in [3.05, 3.63) is 94.2 Å². The van der Waals surface area contributed by atoms with E-state index in [1.807, 2.05) is 36.4 Å². The first-order valence-corrected chi connectivity index (χ1v) is 10.8. The summed E-state index contributed by atoms with van der Waals surface area (Å²) in [5.74, 6) is 0.941. The summed E-state index contributed by atoms with van der Waals surface area (Å²) in [6.07, 6.45) is 0. The molecule has 1 aromatic heterocycles. The fourth-order valence-corrected chi connectivity index (χ4v) is 4.36. The van der Waals surface area contributed by atoms with Crippen LogP contribution in [0.15, 0.2) is 77.3 Å². The molecule has 1 N–H and O–H groups in total. The van der Waals surface area contributed by atoms with Crippen LogP contribution in [0, 0.1) is 0 Å². The lowest BCUT2D eigenvalue weighted by atomic mass is 10.2. The van der Waals surface area contributed by atoms with E-state index >= 15 is 0 Å². The summed E-state index contributed by atoms with van der Waals surface area (Å²) in [4.78, 5) is 19.8. The van der Waals surface area contributed by atoms with Crippen LogP contribution in [0.1, 0.15) is 21.7 Å². The number of imidazole rings is 1. The standard InChI is InChI=1S/C24H21BrN4O/c25-19-8-4-7-18(13-19)24(30)26-20-9-10-22-21(14-20)27-23-16-28(11-12-29(22)23)15-17-5-2-1-3-6-17/h1-10,13-14H,11-12,15-16H2,(H,26,30). The Bertz CT molecular complexity index is 1220. The molecule has 1 aliphatic rings. The zero-order chi connectivity index (χ0) is 20.5. The number of anilines is 1. The quantitative estimate of drug-likeness (QED) is 0.462. The molecule has 0 unspecified atom stereocenters. The third-order valence-electron chi connectivity index (χ3n) is 5.43. The Morgan fingerprint density at radius 2 is 1.87 bits per heavy atom. The third kappa shape index (κ3) is 3.88. The average molecular weight is 461 g/mol. The van der Waals surface area contributed by atoms with E-state index in [2.05, 4.69) is 61.0 Å². The van der Waals surface area contributed by atoms with E-state index in [0.717, 1.165) is 53.2 Å². The first-order chi connectivity index (χ1) is 14.7. The largest absolute Gasteiger partial charge is 0.326 e. The highest BCUT2D eigenvalue weighted by molar-refractivity contribution is 9.10. The van der Waals surface area contributed by atoms with E-state index < -0.39 is 0 Å². The number of hydrogen-bond donors (Lipinski definition) is 1. The number of nitrogens with zero attached hydrogens (tertiary/aromatic N) is 3. The molecule has 0 saturated carbocycles. The summed E-state index contributed by atoms with van der Waals surface area (Å²) < 4.78 is 3.17. The summed E-state index contributed by atoms with van der Waals surface area (Å²) >= 11 is 3.41. The molecule has 1 aliphatic heterocycles. The third-order valence-corrected chi connectivity index (χ3v) is 5.92. The summed E-state index contributed by atoms with van der Waals surface area (Å²) in [6, 6.07) is 23.9. The van der Waals surface area contributed by atoms with E-state index in [1.54, 1.807) is 6.07 Å². The molecule has 4 aromatic rings. The Morgan fingerprint density at radius 1 is 1.00 bits per heavy atom. The number of aromatic nitrogens is 2. The molecule has 5 rings (SSSR count). The van der Waals surface area contributed by atoms with Crippen molar-refractivity contribution in [3.63, 3.8) is 0 Å². The molecular formula is C24H21BrN4O. The maximum Gasteiger partial charge on any atom is 0.255 e. The zero-order valence-electron chi connectivity index (χ0n) is 16.4. The Hall–Kier alpha value is -2.96. The van der Waals surface area contributed by atoms with Crippen LogP contribution in [0.5, 0.6) is 0 Å². The molecule has 0 bridgehead atoms. The SMILES string of the molecule is O=C(Nc1ccc2c(c1)nc1n2CCN(Cc2ccccc2)C1)c1cccc(Br)c1. The number of amides is 1. The molecule has 30 heavy (non-hydrogen) atoms. The lowest BCUT2D eigenvalue weighted by Crippen LogP contribution is -2.33. The minimum absolute atomic E-state index is 0.131. The normalized spacial score (nSPS) is 13.9. The Balaban J connectivity index is 1.35. The Kier molecular flexibility index (Phi) is 5.11. The predicted molar refractivity (Wildman–Crippen MR) is 122 cm³/mol. The van der Waals surface area contributed by atoms with Gasteiger partial charge in [-0.3, -0.25) is 9.69 Å². The molecule has 1 amide bonds. The van der Waals surface area contributed by atoms with Crippen molar-refractivity contribution in [2.75, 3.05) is 11.9 Å². The molecule has 0 aliphatic carbocycles. The van der Waals surface area contributed by atoms with Gasteiger partial charge in [-0.05, 0) is 42.0 Å². The van der Waals surface area contributed by atoms with Crippen LogP contribution >= 0.6 is 15.9 Å². The van der Waals surface area contributed by atoms with Crippen LogP contribution in [0.25, 0.3) is 11.0 Å². The molecule has 0 saturated heterocycles. The van der Waals surface area contributed by atoms with Gasteiger partial charge in [-0.15, -0.1) is 0 Å². The monoisotopic (exact) mass is 460 g/mol. The van der Waals surface area contributed by atoms with E-state index in [0.29, 0.717) is 5.56 Å². The summed E-state index contributed by atoms with van der Waals surface area (Å²) in [5, 5.41) is 2.98. The fourth-order valence-electron chi connectivity index (χ4n) is 3.96. The molecule has 0 atom stereocenters. The van der Waals surface area contributed by atoms with Crippen molar-refractivity contribution in [3.8, 4) is 0 Å². The molecule has 6 heteroatoms. The van der Waals surface area contributed by atoms with Gasteiger partial charge in [0.2, 0.25) is 0 Å². The number of nitrogens with one attached hydrogen (secondary N) is 1. The van der Waals surface area contributed by atoms with Crippen molar-refractivity contribution >= 4 is 38.6 Å². The highest BCUT2D eigenvalue weighted by atomic mass is 79.9. The molecule has 2 heterocycles. The van der Waals surface area contributed by atoms with Crippen molar-refractivity contribution in [1.29, 1.82) is 0 Å². The average Bonchev–Trinajstić information content (AvgIpc) is 3.11. The van der Waals surface area contributed by atoms with Crippen LogP contribution in [0.2, 0.25) is 0 Å². The molecule has 0 fully saturated rings. The van der Waals surface area contributed by atoms with Gasteiger partial charge in [-0.25, -0.2) is 4.98 Å². The number of carbonyl (C=O) groups excluding carboxylic acids is 1. The smallest absolute Gasteiger partial charge is 0.255 e. The van der Waals surface area contributed by atoms with Gasteiger partial charge < -0.3 is 9.88 Å². The number of hydrogen-bond acceptors (Lipinski definition) is 3. The maximum atomic E-state index is 12.5. The van der Waals surface area contributed by atoms with Gasteiger partial charge in [0.15, 0.2) is 0 Å². The number of fused-ring (bicyclic) bond motifs is 3. The van der Waals surface area contributed by atoms with Crippen molar-refractivity contribution in [2.45, 2.75) is 19.6 Å². The van der Waals surface area contributed by atoms with Gasteiger partial charge in [0.25, 0.3) is 5.91 Å². The number of rotatable bonds is 4. The molecular weight excluding hydrogens is 440 g/mol. The highest BCUT2D eigenvalue weighted by Crippen LogP contribution is 2.25. The van der Waals surface area contributed by atoms with Gasteiger partial charge in [0.05, 0.1) is 17.6 Å². The second-order valence-corrected chi connectivity index (χ2v) is 8.46. The van der Waals surface area contributed by atoms with Gasteiger partial charge >= 0.3 is 0 Å². The van der Waals surface area contributed by atoms with E-state index in [-0.39, 0.29) is 5.91 Å². The highest BCUT2D eigenvalue weighted by Gasteiger charge is 2.20. The molecule has 150 valence electrons. The summed E-state index contributed by atoms with van der Waals surface area (Å²) in [5.41, 5.74) is 4.72. The van der Waals surface area contributed by atoms with Gasteiger partial charge in [0.1, 0.15) is 5.82 Å². The molecule has 3 aromatic carbocycles. The van der Waals surface area contributed by atoms with Crippen LogP contribution in [0.3, 0.4) is 0 Å². The van der Waals surface area contributed by atoms with Crippen LogP contribution in [-0.4, -0.2) is 26.9 Å². The van der Waals surface area contributed by atoms with Crippen molar-refractivity contribution in [2.24, 2.45) is 0 Å². The Labute approximate surface area is 183 Å². The maximum absolute atomic E-state index is 12.5. The number of benzene rings is 3. The van der Waals surface area contributed by atoms with Crippen LogP contribution < -0.4 is 5.32 Å². The predicted octanol–water partition coefficient (Wildman–Crippen LogP) is 5.07. The van der Waals surface area contributed by atoms with Gasteiger partial charge in [-0.1, -0.05) is 52.3 Å². The fraction of sp³-hybridized carbons (Fsp3) is 0.167. The van der Waals surface area contributed by atoms with E-state index in [4.69, 9.17) is 4.98 Å². The van der Waals surface area contributed by atoms with Gasteiger partial charge in [-0.2, -0.15) is 0 Å². The van der Waals surface area contributed by atoms with Crippen molar-refractivity contribution in [1.82, 2.24) is 14.5 Å². The molecule has 0 radical (unpaired) electrons. The zero-order valence-corrected chi connectivity index (χ0v) is 18.0. The van der Waals surface area contributed by atoms with Crippen molar-refractivity contribution < 1.29 is 4.79 Å². The number of carbonyl (C=O) groups is 1. The van der Waals surface area contributed by atoms with E-state index in [1.165, 1.54) is 5.56 Å². The minimum atomic E-state index is -0.131. The second kappa shape index (κ2) is 8.05. The first-order valence-electron chi connectivity index (χ1n) is 9.98. The number of halogens is 1. The Morgan fingerprint density at radius 3 is 2.70 bits per heavy atom. The lowest BCUT2D eigenvalue weighted by molar-refractivity contribution is 0.102. The van der Waals surface area contributed by atoms with E-state index in [9.17, 15) is 4.79 Å². The topological polar surface area (TPSA) is 50.2 Å². The van der Waals surface area contributed by atoms with Crippen LogP contribution in [0.4, 0.5) is 5.69 Å². The lowest BCUT2D eigenvalue weighted by Gasteiger charge is -2.27.